The average Bonchev–Trinajstić information content (AvgIpc) is 3.56. The third-order valence-corrected chi connectivity index (χ3v) is 8.65. The first-order valence-electron chi connectivity index (χ1n) is 16.0. The normalized spacial score (nSPS) is 14.6. The van der Waals surface area contributed by atoms with Crippen molar-refractivity contribution < 1.29 is 18.9 Å². The zero-order valence-electron chi connectivity index (χ0n) is 27.7. The molecule has 1 aliphatic heterocycles. The van der Waals surface area contributed by atoms with Crippen molar-refractivity contribution >= 4 is 39.3 Å². The van der Waals surface area contributed by atoms with Gasteiger partial charge in [0.05, 0.1) is 36.8 Å². The number of hydrogen-bond donors (Lipinski definition) is 1. The van der Waals surface area contributed by atoms with Crippen molar-refractivity contribution in [2.24, 2.45) is 0 Å². The summed E-state index contributed by atoms with van der Waals surface area (Å²) >= 11 is 0. The van der Waals surface area contributed by atoms with Gasteiger partial charge in [0.25, 0.3) is 0 Å². The molecular formula is C36H38N8O4. The van der Waals surface area contributed by atoms with E-state index >= 15 is 0 Å². The van der Waals surface area contributed by atoms with Crippen molar-refractivity contribution in [3.63, 3.8) is 0 Å². The summed E-state index contributed by atoms with van der Waals surface area (Å²) in [5.74, 6) is 4.35. The molecule has 7 rings (SSSR count). The molecule has 6 aromatic rings. The number of fused-ring (bicyclic) bond motifs is 2. The van der Waals surface area contributed by atoms with Crippen molar-refractivity contribution in [2.75, 3.05) is 38.1 Å². The van der Waals surface area contributed by atoms with Crippen LogP contribution in [0.1, 0.15) is 42.2 Å². The minimum absolute atomic E-state index is 0.108. The Hall–Kier alpha value is -5.49. The Morgan fingerprint density at radius 2 is 1.85 bits per heavy atom. The summed E-state index contributed by atoms with van der Waals surface area (Å²) in [6.07, 6.45) is 8.19. The third-order valence-electron chi connectivity index (χ3n) is 8.65. The highest BCUT2D eigenvalue weighted by Gasteiger charge is 2.23. The van der Waals surface area contributed by atoms with Gasteiger partial charge in [-0.05, 0) is 68.5 Å². The van der Waals surface area contributed by atoms with Gasteiger partial charge in [-0.2, -0.15) is 10.1 Å². The van der Waals surface area contributed by atoms with Gasteiger partial charge in [0, 0.05) is 44.1 Å². The highest BCUT2D eigenvalue weighted by molar-refractivity contribution is 5.96. The first-order chi connectivity index (χ1) is 23.4. The molecular weight excluding hydrogens is 608 g/mol. The molecule has 1 N–H and O–H groups in total. The lowest BCUT2D eigenvalue weighted by atomic mass is 10.1. The summed E-state index contributed by atoms with van der Waals surface area (Å²) in [5.41, 5.74) is 4.53. The molecule has 4 aromatic heterocycles. The van der Waals surface area contributed by atoms with E-state index in [0.29, 0.717) is 52.2 Å². The van der Waals surface area contributed by atoms with E-state index in [2.05, 4.69) is 26.3 Å². The lowest BCUT2D eigenvalue weighted by Gasteiger charge is -2.23. The lowest BCUT2D eigenvalue weighted by Crippen LogP contribution is -2.18. The zero-order valence-corrected chi connectivity index (χ0v) is 27.7. The summed E-state index contributed by atoms with van der Waals surface area (Å²) in [7, 11) is 5.19. The van der Waals surface area contributed by atoms with Gasteiger partial charge >= 0.3 is 0 Å². The van der Waals surface area contributed by atoms with Gasteiger partial charge in [0.15, 0.2) is 6.23 Å². The van der Waals surface area contributed by atoms with Gasteiger partial charge in [0.2, 0.25) is 5.88 Å². The molecule has 0 bridgehead atoms. The maximum Gasteiger partial charge on any atom is 0.234 e. The number of aryl methyl sites for hydroxylation is 2. The second-order valence-corrected chi connectivity index (χ2v) is 11.8. The van der Waals surface area contributed by atoms with E-state index in [1.807, 2.05) is 85.3 Å². The zero-order chi connectivity index (χ0) is 33.2. The highest BCUT2D eigenvalue weighted by Crippen LogP contribution is 2.40. The number of pyridine rings is 2. The molecule has 0 amide bonds. The fourth-order valence-electron chi connectivity index (χ4n) is 5.95. The van der Waals surface area contributed by atoms with Crippen LogP contribution in [0, 0.1) is 13.8 Å². The summed E-state index contributed by atoms with van der Waals surface area (Å²) in [6, 6.07) is 15.7. The van der Waals surface area contributed by atoms with Crippen LogP contribution in [0.25, 0.3) is 21.8 Å². The van der Waals surface area contributed by atoms with Crippen molar-refractivity contribution in [1.29, 1.82) is 0 Å². The smallest absolute Gasteiger partial charge is 0.234 e. The largest absolute Gasteiger partial charge is 0.497 e. The van der Waals surface area contributed by atoms with Crippen molar-refractivity contribution in [3.05, 3.63) is 83.9 Å². The molecule has 1 atom stereocenters. The van der Waals surface area contributed by atoms with Crippen LogP contribution in [-0.2, 0) is 11.3 Å². The molecule has 0 saturated carbocycles. The fourth-order valence-corrected chi connectivity index (χ4v) is 5.95. The SMILES string of the molecule is COc1ccc(CNc2ncnc3cc(N(C)c4ccc(C)cn4)nc(Oc4c(C)ccc5c4cnn5C4CCCCO4)c23)c(OC)c1. The van der Waals surface area contributed by atoms with E-state index in [0.717, 1.165) is 59.3 Å². The highest BCUT2D eigenvalue weighted by atomic mass is 16.5. The van der Waals surface area contributed by atoms with Gasteiger partial charge in [-0.3, -0.25) is 0 Å². The summed E-state index contributed by atoms with van der Waals surface area (Å²) in [5, 5.41) is 9.73. The predicted molar refractivity (Wildman–Crippen MR) is 185 cm³/mol. The molecule has 12 heteroatoms. The standard InChI is InChI=1S/C36H38N8O4/c1-22-9-14-30(37-18-22)43(3)31-17-27-33(35(40-21-39-27)38-19-24-11-12-25(45-4)16-29(24)46-5)36(42-31)48-34-23(2)10-13-28-26(34)20-41-44(28)32-8-6-7-15-47-32/h9-14,16-18,20-21,32H,6-8,15,19H2,1-5H3,(H,38,39,40). The first kappa shape index (κ1) is 31.1. The van der Waals surface area contributed by atoms with Crippen molar-refractivity contribution in [1.82, 2.24) is 29.7 Å². The van der Waals surface area contributed by atoms with Crippen LogP contribution in [-0.4, -0.2) is 57.6 Å². The van der Waals surface area contributed by atoms with Crippen LogP contribution in [0.15, 0.2) is 67.3 Å². The topological polar surface area (TPSA) is 122 Å². The third kappa shape index (κ3) is 6.02. The lowest BCUT2D eigenvalue weighted by molar-refractivity contribution is -0.0366. The molecule has 0 spiro atoms. The van der Waals surface area contributed by atoms with Crippen LogP contribution in [0.5, 0.6) is 23.1 Å². The van der Waals surface area contributed by atoms with E-state index < -0.39 is 0 Å². The van der Waals surface area contributed by atoms with Gasteiger partial charge in [-0.25, -0.2) is 19.6 Å². The maximum absolute atomic E-state index is 6.84. The van der Waals surface area contributed by atoms with Crippen molar-refractivity contribution in [2.45, 2.75) is 45.9 Å². The van der Waals surface area contributed by atoms with E-state index in [9.17, 15) is 0 Å². The van der Waals surface area contributed by atoms with Gasteiger partial charge in [-0.15, -0.1) is 0 Å². The van der Waals surface area contributed by atoms with E-state index in [-0.39, 0.29) is 6.23 Å². The van der Waals surface area contributed by atoms with Crippen LogP contribution >= 0.6 is 0 Å². The van der Waals surface area contributed by atoms with Gasteiger partial charge in [0.1, 0.15) is 46.4 Å². The fraction of sp³-hybridized carbons (Fsp3) is 0.306. The molecule has 0 radical (unpaired) electrons. The Morgan fingerprint density at radius 3 is 2.62 bits per heavy atom. The Kier molecular flexibility index (Phi) is 8.64. The number of methoxy groups -OCH3 is 2. The molecule has 1 unspecified atom stereocenters. The van der Waals surface area contributed by atoms with Crippen LogP contribution < -0.4 is 24.4 Å². The summed E-state index contributed by atoms with van der Waals surface area (Å²) < 4.78 is 25.9. The van der Waals surface area contributed by atoms with E-state index in [1.165, 1.54) is 6.33 Å². The van der Waals surface area contributed by atoms with E-state index in [4.69, 9.17) is 29.0 Å². The van der Waals surface area contributed by atoms with Gasteiger partial charge in [-0.1, -0.05) is 12.1 Å². The van der Waals surface area contributed by atoms with Crippen LogP contribution in [0.4, 0.5) is 17.5 Å². The first-order valence-corrected chi connectivity index (χ1v) is 16.0. The number of benzene rings is 2. The number of aromatic nitrogens is 6. The second kappa shape index (κ2) is 13.3. The van der Waals surface area contributed by atoms with Crippen LogP contribution in [0.3, 0.4) is 0 Å². The number of nitrogens with one attached hydrogen (secondary N) is 1. The minimum Gasteiger partial charge on any atom is -0.497 e. The molecule has 0 aliphatic carbocycles. The molecule has 12 nitrogen and oxygen atoms in total. The number of nitrogens with zero attached hydrogens (tertiary/aromatic N) is 7. The molecule has 48 heavy (non-hydrogen) atoms. The number of ether oxygens (including phenoxy) is 4. The van der Waals surface area contributed by atoms with Crippen LogP contribution in [0.2, 0.25) is 0 Å². The number of hydrogen-bond acceptors (Lipinski definition) is 11. The average molecular weight is 647 g/mol. The molecule has 1 aliphatic rings. The Balaban J connectivity index is 1.33. The van der Waals surface area contributed by atoms with Gasteiger partial charge < -0.3 is 29.2 Å². The maximum atomic E-state index is 6.84. The monoisotopic (exact) mass is 646 g/mol. The van der Waals surface area contributed by atoms with Crippen molar-refractivity contribution in [3.8, 4) is 23.1 Å². The Labute approximate surface area is 278 Å². The second-order valence-electron chi connectivity index (χ2n) is 11.8. The predicted octanol–water partition coefficient (Wildman–Crippen LogP) is 7.27. The molecule has 246 valence electrons. The summed E-state index contributed by atoms with van der Waals surface area (Å²) in [6.45, 7) is 5.18. The molecule has 1 saturated heterocycles. The number of rotatable bonds is 10. The molecule has 1 fully saturated rings. The molecule has 2 aromatic carbocycles. The quantitative estimate of drug-likeness (QED) is 0.162. The Bertz CT molecular complexity index is 2080. The molecule has 5 heterocycles. The summed E-state index contributed by atoms with van der Waals surface area (Å²) in [4.78, 5) is 20.9. The minimum atomic E-state index is -0.108. The number of anilines is 3. The van der Waals surface area contributed by atoms with E-state index in [1.54, 1.807) is 14.2 Å². The Morgan fingerprint density at radius 1 is 0.958 bits per heavy atom.